The Morgan fingerprint density at radius 3 is 2.54 bits per heavy atom. The van der Waals surface area contributed by atoms with Crippen LogP contribution in [-0.4, -0.2) is 35.9 Å². The van der Waals surface area contributed by atoms with Crippen molar-refractivity contribution in [2.24, 2.45) is 5.10 Å². The first-order valence-electron chi connectivity index (χ1n) is 8.32. The number of amides is 1. The average Bonchev–Trinajstić information content (AvgIpc) is 2.65. The number of nitrogens with one attached hydrogen (secondary N) is 1. The molecule has 2 rings (SSSR count). The fourth-order valence-corrected chi connectivity index (χ4v) is 2.56. The molecule has 1 amide bonds. The van der Waals surface area contributed by atoms with E-state index < -0.39 is 16.5 Å². The molecule has 0 aliphatic rings. The number of benzene rings is 2. The van der Waals surface area contributed by atoms with Gasteiger partial charge in [0.05, 0.1) is 23.8 Å². The number of ether oxygens (including phenoxy) is 2. The number of rotatable bonds is 7. The lowest BCUT2D eigenvalue weighted by atomic mass is 10.1. The molecule has 0 unspecified atom stereocenters. The fourth-order valence-electron chi connectivity index (χ4n) is 2.56. The summed E-state index contributed by atoms with van der Waals surface area (Å²) in [5.74, 6) is -0.537. The molecule has 0 aliphatic carbocycles. The van der Waals surface area contributed by atoms with Gasteiger partial charge in [0, 0.05) is 0 Å². The van der Waals surface area contributed by atoms with E-state index in [2.05, 4.69) is 10.5 Å². The van der Waals surface area contributed by atoms with E-state index in [1.807, 2.05) is 32.9 Å². The van der Waals surface area contributed by atoms with Gasteiger partial charge in [0.15, 0.2) is 12.4 Å². The maximum Gasteiger partial charge on any atom is 0.323 e. The van der Waals surface area contributed by atoms with Gasteiger partial charge in [-0.25, -0.2) is 5.43 Å². The smallest absolute Gasteiger partial charge is 0.323 e. The van der Waals surface area contributed by atoms with E-state index in [4.69, 9.17) is 9.47 Å². The number of carbonyl (C=O) groups excluding carboxylic acids is 1. The third-order valence-electron chi connectivity index (χ3n) is 4.14. The number of hydrogen-bond donors (Lipinski definition) is 2. The van der Waals surface area contributed by atoms with Crippen molar-refractivity contribution in [3.05, 3.63) is 56.6 Å². The number of phenolic OH excluding ortho intramolecular Hbond substituents is 1. The van der Waals surface area contributed by atoms with E-state index in [9.17, 15) is 20.0 Å². The van der Waals surface area contributed by atoms with Gasteiger partial charge in [-0.05, 0) is 49.6 Å². The summed E-state index contributed by atoms with van der Waals surface area (Å²) < 4.78 is 10.4. The van der Waals surface area contributed by atoms with Gasteiger partial charge in [0.25, 0.3) is 5.91 Å². The molecule has 0 spiro atoms. The van der Waals surface area contributed by atoms with E-state index in [-0.39, 0.29) is 23.7 Å². The first-order chi connectivity index (χ1) is 13.3. The van der Waals surface area contributed by atoms with Crippen molar-refractivity contribution in [2.45, 2.75) is 20.8 Å². The summed E-state index contributed by atoms with van der Waals surface area (Å²) in [7, 11) is 1.21. The molecule has 9 nitrogen and oxygen atoms in total. The van der Waals surface area contributed by atoms with E-state index in [0.717, 1.165) is 22.9 Å². The van der Waals surface area contributed by atoms with Gasteiger partial charge in [-0.1, -0.05) is 12.1 Å². The molecule has 2 aromatic rings. The standard InChI is InChI=1S/C19H21N3O6/c1-11-5-6-12(2)18(13(11)3)28-10-16(24)21-20-9-14-7-8-15(23)19(27-4)17(14)22(25)26/h5-9,23H,10H2,1-4H3,(H,21,24). The number of phenols is 1. The van der Waals surface area contributed by atoms with Crippen molar-refractivity contribution in [1.82, 2.24) is 5.43 Å². The molecule has 0 heterocycles. The predicted octanol–water partition coefficient (Wildman–Crippen LogP) is 2.76. The van der Waals surface area contributed by atoms with Crippen molar-refractivity contribution in [3.63, 3.8) is 0 Å². The Morgan fingerprint density at radius 1 is 1.21 bits per heavy atom. The number of aryl methyl sites for hydroxylation is 2. The molecule has 0 bridgehead atoms. The monoisotopic (exact) mass is 387 g/mol. The van der Waals surface area contributed by atoms with Crippen LogP contribution in [0.2, 0.25) is 0 Å². The molecule has 0 saturated heterocycles. The Hall–Kier alpha value is -3.62. The number of nitro groups is 1. The molecule has 0 fully saturated rings. The molecule has 0 aliphatic heterocycles. The van der Waals surface area contributed by atoms with E-state index in [1.165, 1.54) is 19.2 Å². The third-order valence-corrected chi connectivity index (χ3v) is 4.14. The van der Waals surface area contributed by atoms with E-state index in [0.29, 0.717) is 5.75 Å². The van der Waals surface area contributed by atoms with Gasteiger partial charge in [0.1, 0.15) is 5.75 Å². The van der Waals surface area contributed by atoms with Crippen LogP contribution in [-0.2, 0) is 4.79 Å². The van der Waals surface area contributed by atoms with Crippen LogP contribution in [0.5, 0.6) is 17.2 Å². The second kappa shape index (κ2) is 8.85. The SMILES string of the molecule is COc1c(O)ccc(C=NNC(=O)COc2c(C)ccc(C)c2C)c1[N+](=O)[O-]. The highest BCUT2D eigenvalue weighted by atomic mass is 16.6. The van der Waals surface area contributed by atoms with Gasteiger partial charge in [-0.3, -0.25) is 14.9 Å². The number of methoxy groups -OCH3 is 1. The van der Waals surface area contributed by atoms with Crippen LogP contribution in [0, 0.1) is 30.9 Å². The Morgan fingerprint density at radius 2 is 1.89 bits per heavy atom. The van der Waals surface area contributed by atoms with Crippen molar-refractivity contribution in [3.8, 4) is 17.2 Å². The van der Waals surface area contributed by atoms with Gasteiger partial charge < -0.3 is 14.6 Å². The number of hydrogen-bond acceptors (Lipinski definition) is 7. The van der Waals surface area contributed by atoms with Crippen LogP contribution in [0.25, 0.3) is 0 Å². The maximum atomic E-state index is 12.0. The largest absolute Gasteiger partial charge is 0.504 e. The summed E-state index contributed by atoms with van der Waals surface area (Å²) in [4.78, 5) is 22.5. The zero-order valence-electron chi connectivity index (χ0n) is 16.0. The minimum Gasteiger partial charge on any atom is -0.504 e. The molecule has 2 N–H and O–H groups in total. The van der Waals surface area contributed by atoms with Gasteiger partial charge >= 0.3 is 5.69 Å². The lowest BCUT2D eigenvalue weighted by Gasteiger charge is -2.13. The molecule has 0 atom stereocenters. The quantitative estimate of drug-likeness (QED) is 0.428. The molecule has 148 valence electrons. The predicted molar refractivity (Wildman–Crippen MR) is 103 cm³/mol. The summed E-state index contributed by atoms with van der Waals surface area (Å²) in [5, 5.41) is 24.6. The van der Waals surface area contributed by atoms with Crippen LogP contribution in [0.1, 0.15) is 22.3 Å². The van der Waals surface area contributed by atoms with Crippen molar-refractivity contribution >= 4 is 17.8 Å². The number of hydrazone groups is 1. The Kier molecular flexibility index (Phi) is 6.54. The molecule has 28 heavy (non-hydrogen) atoms. The van der Waals surface area contributed by atoms with Crippen molar-refractivity contribution in [1.29, 1.82) is 0 Å². The number of nitro benzene ring substituents is 1. The lowest BCUT2D eigenvalue weighted by Crippen LogP contribution is -2.25. The van der Waals surface area contributed by atoms with Crippen molar-refractivity contribution in [2.75, 3.05) is 13.7 Å². The highest BCUT2D eigenvalue weighted by molar-refractivity contribution is 5.89. The number of aromatic hydroxyl groups is 1. The zero-order valence-corrected chi connectivity index (χ0v) is 16.0. The Balaban J connectivity index is 2.07. The molecule has 0 saturated carbocycles. The normalized spacial score (nSPS) is 10.7. The van der Waals surface area contributed by atoms with Gasteiger partial charge in [-0.15, -0.1) is 0 Å². The number of carbonyl (C=O) groups is 1. The first kappa shape index (κ1) is 20.7. The summed E-state index contributed by atoms with van der Waals surface area (Å²) in [6.07, 6.45) is 1.10. The molecule has 9 heteroatoms. The second-order valence-corrected chi connectivity index (χ2v) is 6.05. The molecule has 0 aromatic heterocycles. The molecular formula is C19H21N3O6. The minimum atomic E-state index is -0.700. The molecular weight excluding hydrogens is 366 g/mol. The van der Waals surface area contributed by atoms with Gasteiger partial charge in [0.2, 0.25) is 5.75 Å². The fraction of sp³-hybridized carbons (Fsp3) is 0.263. The molecule has 0 radical (unpaired) electrons. The number of nitrogens with zero attached hydrogens (tertiary/aromatic N) is 2. The maximum absolute atomic E-state index is 12.0. The van der Waals surface area contributed by atoms with Crippen LogP contribution in [0.15, 0.2) is 29.4 Å². The highest BCUT2D eigenvalue weighted by Gasteiger charge is 2.23. The third kappa shape index (κ3) is 4.56. The summed E-state index contributed by atoms with van der Waals surface area (Å²) in [5.41, 5.74) is 4.76. The van der Waals surface area contributed by atoms with Crippen LogP contribution in [0.3, 0.4) is 0 Å². The minimum absolute atomic E-state index is 0.0613. The summed E-state index contributed by atoms with van der Waals surface area (Å²) >= 11 is 0. The summed E-state index contributed by atoms with van der Waals surface area (Å²) in [6, 6.07) is 6.41. The first-order valence-corrected chi connectivity index (χ1v) is 8.32. The summed E-state index contributed by atoms with van der Waals surface area (Å²) in [6.45, 7) is 5.48. The van der Waals surface area contributed by atoms with Crippen LogP contribution >= 0.6 is 0 Å². The Labute approximate surface area is 161 Å². The van der Waals surface area contributed by atoms with Gasteiger partial charge in [-0.2, -0.15) is 5.10 Å². The highest BCUT2D eigenvalue weighted by Crippen LogP contribution is 2.37. The topological polar surface area (TPSA) is 123 Å². The Bertz CT molecular complexity index is 940. The molecule has 2 aromatic carbocycles. The second-order valence-electron chi connectivity index (χ2n) is 6.05. The van der Waals surface area contributed by atoms with E-state index >= 15 is 0 Å². The van der Waals surface area contributed by atoms with Crippen molar-refractivity contribution < 1.29 is 24.3 Å². The zero-order chi connectivity index (χ0) is 20.8. The van der Waals surface area contributed by atoms with E-state index in [1.54, 1.807) is 0 Å². The van der Waals surface area contributed by atoms with Crippen LogP contribution in [0.4, 0.5) is 5.69 Å². The lowest BCUT2D eigenvalue weighted by molar-refractivity contribution is -0.386. The van der Waals surface area contributed by atoms with Crippen LogP contribution < -0.4 is 14.9 Å². The average molecular weight is 387 g/mol.